The van der Waals surface area contributed by atoms with Crippen molar-refractivity contribution in [2.75, 3.05) is 4.90 Å². The monoisotopic (exact) mass is 813 g/mol. The predicted octanol–water partition coefficient (Wildman–Crippen LogP) is 14.8. The van der Waals surface area contributed by atoms with Crippen LogP contribution in [0.3, 0.4) is 0 Å². The van der Waals surface area contributed by atoms with Crippen molar-refractivity contribution < 1.29 is 8.83 Å². The van der Waals surface area contributed by atoms with Gasteiger partial charge in [-0.25, -0.2) is 9.97 Å². The van der Waals surface area contributed by atoms with E-state index in [2.05, 4.69) is 126 Å². The van der Waals surface area contributed by atoms with Crippen LogP contribution in [0.1, 0.15) is 11.4 Å². The zero-order chi connectivity index (χ0) is 42.3. The fraction of sp³-hybridized carbons (Fsp3) is 0.0357. The second-order valence-corrected chi connectivity index (χ2v) is 15.6. The number of pyridine rings is 2. The zero-order valence-electron chi connectivity index (χ0n) is 34.6. The highest BCUT2D eigenvalue weighted by Crippen LogP contribution is 2.45. The van der Waals surface area contributed by atoms with Crippen LogP contribution in [0.15, 0.2) is 210 Å². The summed E-state index contributed by atoms with van der Waals surface area (Å²) in [6.07, 6.45) is 5.28. The van der Waals surface area contributed by atoms with Crippen molar-refractivity contribution in [1.29, 1.82) is 0 Å². The van der Waals surface area contributed by atoms with Gasteiger partial charge in [-0.3, -0.25) is 9.97 Å². The Bertz CT molecular complexity index is 3190. The lowest BCUT2D eigenvalue weighted by molar-refractivity contribution is 0.631. The number of hydrogen-bond donors (Lipinski definition) is 0. The summed E-state index contributed by atoms with van der Waals surface area (Å²) in [6.45, 7) is 4.08. The van der Waals surface area contributed by atoms with Crippen molar-refractivity contribution in [1.82, 2.24) is 19.9 Å². The van der Waals surface area contributed by atoms with Gasteiger partial charge in [0.25, 0.3) is 0 Å². The molecule has 11 aromatic rings. The highest BCUT2D eigenvalue weighted by molar-refractivity contribution is 5.99. The molecule has 5 aromatic heterocycles. The summed E-state index contributed by atoms with van der Waals surface area (Å²) in [5, 5.41) is 1.86. The molecule has 0 aliphatic carbocycles. The van der Waals surface area contributed by atoms with E-state index in [0.717, 1.165) is 118 Å². The summed E-state index contributed by atoms with van der Waals surface area (Å²) < 4.78 is 12.9. The second-order valence-electron chi connectivity index (χ2n) is 15.6. The molecule has 63 heavy (non-hydrogen) atoms. The van der Waals surface area contributed by atoms with Gasteiger partial charge in [-0.2, -0.15) is 0 Å². The molecule has 0 aliphatic rings. The van der Waals surface area contributed by atoms with Crippen molar-refractivity contribution in [3.63, 3.8) is 0 Å². The molecule has 300 valence electrons. The third-order valence-electron chi connectivity index (χ3n) is 11.5. The van der Waals surface area contributed by atoms with Gasteiger partial charge in [0.1, 0.15) is 29.0 Å². The average Bonchev–Trinajstić information content (AvgIpc) is 3.99. The number of furan rings is 2. The van der Waals surface area contributed by atoms with Gasteiger partial charge in [0.2, 0.25) is 0 Å². The maximum Gasteiger partial charge on any atom is 0.138 e. The summed E-state index contributed by atoms with van der Waals surface area (Å²) in [5.74, 6) is 1.58. The minimum absolute atomic E-state index is 0.766. The van der Waals surface area contributed by atoms with Crippen LogP contribution in [0.4, 0.5) is 17.1 Å². The third-order valence-corrected chi connectivity index (χ3v) is 11.5. The van der Waals surface area contributed by atoms with Gasteiger partial charge in [0.15, 0.2) is 0 Å². The smallest absolute Gasteiger partial charge is 0.138 e. The molecule has 7 nitrogen and oxygen atoms in total. The Kier molecular flexibility index (Phi) is 9.47. The Morgan fingerprint density at radius 1 is 0.365 bits per heavy atom. The number of aromatic nitrogens is 4. The summed E-state index contributed by atoms with van der Waals surface area (Å²) in [6, 6.07) is 62.7. The summed E-state index contributed by atoms with van der Waals surface area (Å²) in [7, 11) is 0. The van der Waals surface area contributed by atoms with Gasteiger partial charge in [0.05, 0.1) is 28.5 Å². The standard InChI is InChI=1S/C56H39N5O2/c1-36-56(37(2)60-35-59-36)61(46-29-42(38-15-7-3-8-16-38)27-44(31-46)54-48-33-52(40-19-11-5-12-20-40)62-50(48)23-25-57-54)47-30-43(39-17-9-4-10-18-39)28-45(32-47)55-49-34-53(41-21-13-6-14-22-41)63-51(49)24-26-58-55/h3-35H,1-2H3. The van der Waals surface area contributed by atoms with Gasteiger partial charge < -0.3 is 13.7 Å². The molecule has 6 aromatic carbocycles. The molecule has 0 aliphatic heterocycles. The number of benzene rings is 6. The van der Waals surface area contributed by atoms with Crippen LogP contribution in [0.25, 0.3) is 89.4 Å². The van der Waals surface area contributed by atoms with Gasteiger partial charge in [0, 0.05) is 56.8 Å². The molecule has 5 heterocycles. The lowest BCUT2D eigenvalue weighted by atomic mass is 9.96. The molecule has 0 atom stereocenters. The third kappa shape index (κ3) is 7.11. The first kappa shape index (κ1) is 37.6. The lowest BCUT2D eigenvalue weighted by Gasteiger charge is -2.29. The van der Waals surface area contributed by atoms with Crippen molar-refractivity contribution in [2.24, 2.45) is 0 Å². The fourth-order valence-corrected chi connectivity index (χ4v) is 8.54. The molecule has 0 spiro atoms. The molecule has 7 heteroatoms. The highest BCUT2D eigenvalue weighted by Gasteiger charge is 2.24. The summed E-state index contributed by atoms with van der Waals surface area (Å²) >= 11 is 0. The first-order chi connectivity index (χ1) is 31.0. The van der Waals surface area contributed by atoms with E-state index < -0.39 is 0 Å². The Morgan fingerprint density at radius 2 is 0.746 bits per heavy atom. The molecule has 0 saturated carbocycles. The van der Waals surface area contributed by atoms with E-state index >= 15 is 0 Å². The number of aryl methyl sites for hydroxylation is 2. The number of anilines is 3. The Balaban J connectivity index is 1.17. The van der Waals surface area contributed by atoms with Crippen LogP contribution >= 0.6 is 0 Å². The SMILES string of the molecule is Cc1ncnc(C)c1N(c1cc(-c2ccccc2)cc(-c2nccc3oc(-c4ccccc4)cc23)c1)c1cc(-c2ccccc2)cc(-c2nccc3oc(-c4ccccc4)cc23)c1. The largest absolute Gasteiger partial charge is 0.456 e. The van der Waals surface area contributed by atoms with Crippen molar-refractivity contribution in [3.8, 4) is 67.4 Å². The molecule has 0 bridgehead atoms. The molecule has 0 saturated heterocycles. The minimum atomic E-state index is 0.766. The highest BCUT2D eigenvalue weighted by atomic mass is 16.3. The maximum absolute atomic E-state index is 6.47. The second kappa shape index (κ2) is 15.9. The Labute approximate surface area is 364 Å². The number of fused-ring (bicyclic) bond motifs is 2. The van der Waals surface area contributed by atoms with E-state index in [4.69, 9.17) is 28.8 Å². The average molecular weight is 814 g/mol. The molecule has 0 N–H and O–H groups in total. The van der Waals surface area contributed by atoms with Crippen LogP contribution < -0.4 is 4.90 Å². The van der Waals surface area contributed by atoms with E-state index in [1.165, 1.54) is 0 Å². The predicted molar refractivity (Wildman–Crippen MR) is 254 cm³/mol. The van der Waals surface area contributed by atoms with Gasteiger partial charge in [-0.1, -0.05) is 121 Å². The van der Waals surface area contributed by atoms with Gasteiger partial charge in [-0.05, 0) is 96.8 Å². The molecule has 0 unspecified atom stereocenters. The normalized spacial score (nSPS) is 11.3. The Morgan fingerprint density at radius 3 is 1.16 bits per heavy atom. The van der Waals surface area contributed by atoms with Crippen LogP contribution in [0.5, 0.6) is 0 Å². The molecule has 11 rings (SSSR count). The number of rotatable bonds is 9. The Hall–Kier alpha value is -8.42. The quantitative estimate of drug-likeness (QED) is 0.144. The van der Waals surface area contributed by atoms with E-state index in [1.807, 2.05) is 86.9 Å². The maximum atomic E-state index is 6.47. The van der Waals surface area contributed by atoms with Crippen LogP contribution in [0.2, 0.25) is 0 Å². The summed E-state index contributed by atoms with van der Waals surface area (Å²) in [5.41, 5.74) is 15.6. The zero-order valence-corrected chi connectivity index (χ0v) is 34.6. The number of hydrogen-bond acceptors (Lipinski definition) is 7. The molecule has 0 radical (unpaired) electrons. The van der Waals surface area contributed by atoms with Crippen LogP contribution in [-0.2, 0) is 0 Å². The topological polar surface area (TPSA) is 81.1 Å². The van der Waals surface area contributed by atoms with E-state index in [0.29, 0.717) is 0 Å². The first-order valence-electron chi connectivity index (χ1n) is 20.9. The van der Waals surface area contributed by atoms with Crippen molar-refractivity contribution in [2.45, 2.75) is 13.8 Å². The van der Waals surface area contributed by atoms with Gasteiger partial charge >= 0.3 is 0 Å². The lowest BCUT2D eigenvalue weighted by Crippen LogP contribution is -2.15. The minimum Gasteiger partial charge on any atom is -0.456 e. The van der Waals surface area contributed by atoms with Crippen LogP contribution in [-0.4, -0.2) is 19.9 Å². The molecule has 0 fully saturated rings. The van der Waals surface area contributed by atoms with E-state index in [-0.39, 0.29) is 0 Å². The molecular formula is C56H39N5O2. The number of nitrogens with zero attached hydrogens (tertiary/aromatic N) is 5. The molecular weight excluding hydrogens is 775 g/mol. The van der Waals surface area contributed by atoms with Crippen LogP contribution in [0, 0.1) is 13.8 Å². The van der Waals surface area contributed by atoms with Gasteiger partial charge in [-0.15, -0.1) is 0 Å². The van der Waals surface area contributed by atoms with E-state index in [9.17, 15) is 0 Å². The first-order valence-corrected chi connectivity index (χ1v) is 20.9. The summed E-state index contributed by atoms with van der Waals surface area (Å²) in [4.78, 5) is 21.9. The fourth-order valence-electron chi connectivity index (χ4n) is 8.54. The van der Waals surface area contributed by atoms with Crippen molar-refractivity contribution >= 4 is 39.0 Å². The molecule has 0 amide bonds. The van der Waals surface area contributed by atoms with Crippen molar-refractivity contribution in [3.05, 3.63) is 212 Å². The van der Waals surface area contributed by atoms with E-state index in [1.54, 1.807) is 6.33 Å².